The fraction of sp³-hybridized carbons (Fsp3) is 0.250. The Morgan fingerprint density at radius 3 is 2.40 bits per heavy atom. The van der Waals surface area contributed by atoms with Crippen molar-refractivity contribution in [2.45, 2.75) is 38.1 Å². The van der Waals surface area contributed by atoms with Crippen molar-refractivity contribution in [3.8, 4) is 5.69 Å². The number of Topliss-reactive ketones (excluding diaryl/α,β-unsaturated/α-hetero) is 1. The van der Waals surface area contributed by atoms with E-state index in [1.54, 1.807) is 6.33 Å². The van der Waals surface area contributed by atoms with Crippen LogP contribution in [0.1, 0.15) is 34.0 Å². The number of ketones is 1. The highest BCUT2D eigenvalue weighted by Gasteiger charge is 2.20. The van der Waals surface area contributed by atoms with Gasteiger partial charge < -0.3 is 0 Å². The second-order valence-electron chi connectivity index (χ2n) is 6.26. The molecule has 1 unspecified atom stereocenters. The monoisotopic (exact) mass is 351 g/mol. The molecule has 3 aromatic rings. The molecule has 0 bridgehead atoms. The number of benzene rings is 2. The molecule has 128 valence electrons. The first kappa shape index (κ1) is 17.4. The highest BCUT2D eigenvalue weighted by atomic mass is 32.2. The molecule has 3 rings (SSSR count). The van der Waals surface area contributed by atoms with E-state index in [2.05, 4.69) is 42.2 Å². The van der Waals surface area contributed by atoms with E-state index in [0.29, 0.717) is 0 Å². The molecule has 0 radical (unpaired) electrons. The van der Waals surface area contributed by atoms with Crippen molar-refractivity contribution in [2.75, 3.05) is 0 Å². The summed E-state index contributed by atoms with van der Waals surface area (Å²) in [5.41, 5.74) is 5.27. The highest BCUT2D eigenvalue weighted by Crippen LogP contribution is 2.27. The van der Waals surface area contributed by atoms with E-state index in [4.69, 9.17) is 0 Å². The summed E-state index contributed by atoms with van der Waals surface area (Å²) < 4.78 is 1.94. The fourth-order valence-corrected chi connectivity index (χ4v) is 3.62. The van der Waals surface area contributed by atoms with E-state index in [0.717, 1.165) is 27.5 Å². The zero-order chi connectivity index (χ0) is 18.0. The topological polar surface area (TPSA) is 47.8 Å². The Balaban J connectivity index is 1.83. The summed E-state index contributed by atoms with van der Waals surface area (Å²) in [7, 11) is 0. The number of aromatic nitrogens is 3. The van der Waals surface area contributed by atoms with Crippen molar-refractivity contribution in [1.82, 2.24) is 14.8 Å². The van der Waals surface area contributed by atoms with Gasteiger partial charge in [0.25, 0.3) is 0 Å². The van der Waals surface area contributed by atoms with Gasteiger partial charge in [0.2, 0.25) is 0 Å². The van der Waals surface area contributed by atoms with Gasteiger partial charge in [0.15, 0.2) is 10.9 Å². The number of carbonyl (C=O) groups excluding carboxylic acids is 1. The Morgan fingerprint density at radius 2 is 1.72 bits per heavy atom. The number of aryl methyl sites for hydroxylation is 3. The van der Waals surface area contributed by atoms with Crippen molar-refractivity contribution in [3.05, 3.63) is 71.0 Å². The lowest BCUT2D eigenvalue weighted by atomic mass is 10.1. The molecule has 0 fully saturated rings. The molecule has 0 saturated carbocycles. The summed E-state index contributed by atoms with van der Waals surface area (Å²) in [6, 6.07) is 13.9. The number of rotatable bonds is 5. The average molecular weight is 351 g/mol. The summed E-state index contributed by atoms with van der Waals surface area (Å²) in [5.74, 6) is 0.0974. The number of hydrogen-bond donors (Lipinski definition) is 0. The van der Waals surface area contributed by atoms with Crippen LogP contribution in [0.2, 0.25) is 0 Å². The Hall–Kier alpha value is -2.40. The van der Waals surface area contributed by atoms with Crippen molar-refractivity contribution >= 4 is 17.5 Å². The normalized spacial score (nSPS) is 12.2. The van der Waals surface area contributed by atoms with Crippen LogP contribution in [0, 0.1) is 20.8 Å². The van der Waals surface area contributed by atoms with E-state index in [1.165, 1.54) is 17.3 Å². The van der Waals surface area contributed by atoms with Gasteiger partial charge in [-0.1, -0.05) is 59.3 Å². The van der Waals surface area contributed by atoms with Gasteiger partial charge in [-0.3, -0.25) is 9.36 Å². The Morgan fingerprint density at radius 1 is 1.04 bits per heavy atom. The van der Waals surface area contributed by atoms with Crippen LogP contribution >= 0.6 is 11.8 Å². The standard InChI is InChI=1S/C20H21N3OS/c1-13-5-8-17(9-6-13)19(24)16(4)25-20-22-21-12-23(20)18-10-7-14(2)11-15(18)3/h5-12,16H,1-4H3. The third-order valence-electron chi connectivity index (χ3n) is 4.12. The lowest BCUT2D eigenvalue weighted by Crippen LogP contribution is -2.14. The molecule has 0 N–H and O–H groups in total. The van der Waals surface area contributed by atoms with Gasteiger partial charge in [0.05, 0.1) is 10.9 Å². The fourth-order valence-electron chi connectivity index (χ4n) is 2.71. The summed E-state index contributed by atoms with van der Waals surface area (Å²) in [4.78, 5) is 12.7. The molecule has 0 saturated heterocycles. The minimum atomic E-state index is -0.239. The molecular formula is C20H21N3OS. The maximum absolute atomic E-state index is 12.7. The van der Waals surface area contributed by atoms with Crippen LogP contribution in [0.3, 0.4) is 0 Å². The minimum absolute atomic E-state index is 0.0974. The molecule has 5 heteroatoms. The Bertz CT molecular complexity index is 900. The van der Waals surface area contributed by atoms with E-state index >= 15 is 0 Å². The lowest BCUT2D eigenvalue weighted by molar-refractivity contribution is 0.0994. The molecule has 0 aliphatic rings. The predicted octanol–water partition coefficient (Wildman–Crippen LogP) is 4.56. The maximum atomic E-state index is 12.7. The van der Waals surface area contributed by atoms with Crippen LogP contribution in [0.25, 0.3) is 5.69 Å². The molecule has 0 amide bonds. The first-order valence-electron chi connectivity index (χ1n) is 8.21. The van der Waals surface area contributed by atoms with E-state index < -0.39 is 0 Å². The first-order valence-corrected chi connectivity index (χ1v) is 9.09. The van der Waals surface area contributed by atoms with Crippen LogP contribution in [0.4, 0.5) is 0 Å². The molecule has 0 spiro atoms. The summed E-state index contributed by atoms with van der Waals surface area (Å²) in [6.07, 6.45) is 1.70. The van der Waals surface area contributed by atoms with Crippen LogP contribution in [0.15, 0.2) is 53.9 Å². The molecule has 1 aromatic heterocycles. The maximum Gasteiger partial charge on any atom is 0.196 e. The molecule has 0 aliphatic heterocycles. The third-order valence-corrected chi connectivity index (χ3v) is 5.17. The summed E-state index contributed by atoms with van der Waals surface area (Å²) in [6.45, 7) is 8.06. The predicted molar refractivity (Wildman–Crippen MR) is 102 cm³/mol. The number of thioether (sulfide) groups is 1. The molecule has 4 nitrogen and oxygen atoms in total. The van der Waals surface area contributed by atoms with Gasteiger partial charge in [-0.25, -0.2) is 0 Å². The number of nitrogens with zero attached hydrogens (tertiary/aromatic N) is 3. The van der Waals surface area contributed by atoms with Gasteiger partial charge in [0, 0.05) is 5.56 Å². The molecule has 0 aliphatic carbocycles. The third kappa shape index (κ3) is 3.82. The first-order chi connectivity index (χ1) is 12.0. The Labute approximate surface area is 152 Å². The van der Waals surface area contributed by atoms with Crippen LogP contribution in [0.5, 0.6) is 0 Å². The van der Waals surface area contributed by atoms with Gasteiger partial charge >= 0.3 is 0 Å². The second-order valence-corrected chi connectivity index (χ2v) is 7.57. The van der Waals surface area contributed by atoms with Gasteiger partial charge in [0.1, 0.15) is 6.33 Å². The quantitative estimate of drug-likeness (QED) is 0.499. The second kappa shape index (κ2) is 7.23. The van der Waals surface area contributed by atoms with Gasteiger partial charge in [-0.05, 0) is 39.3 Å². The van der Waals surface area contributed by atoms with Gasteiger partial charge in [-0.2, -0.15) is 0 Å². The average Bonchev–Trinajstić information content (AvgIpc) is 3.02. The number of carbonyl (C=O) groups is 1. The van der Waals surface area contributed by atoms with Gasteiger partial charge in [-0.15, -0.1) is 10.2 Å². The minimum Gasteiger partial charge on any atom is -0.293 e. The molecular weight excluding hydrogens is 330 g/mol. The zero-order valence-corrected chi connectivity index (χ0v) is 15.7. The SMILES string of the molecule is Cc1ccc(C(=O)C(C)Sc2nncn2-c2ccc(C)cc2C)cc1. The number of hydrogen-bond acceptors (Lipinski definition) is 4. The van der Waals surface area contributed by atoms with E-state index in [1.807, 2.05) is 42.7 Å². The molecule has 2 aromatic carbocycles. The molecule has 1 atom stereocenters. The van der Waals surface area contributed by atoms with E-state index in [9.17, 15) is 4.79 Å². The largest absolute Gasteiger partial charge is 0.293 e. The van der Waals surface area contributed by atoms with E-state index in [-0.39, 0.29) is 11.0 Å². The van der Waals surface area contributed by atoms with Crippen LogP contribution < -0.4 is 0 Å². The van der Waals surface area contributed by atoms with Crippen molar-refractivity contribution in [1.29, 1.82) is 0 Å². The van der Waals surface area contributed by atoms with Crippen molar-refractivity contribution in [2.24, 2.45) is 0 Å². The lowest BCUT2D eigenvalue weighted by Gasteiger charge is -2.13. The molecule has 1 heterocycles. The van der Waals surface area contributed by atoms with Crippen molar-refractivity contribution in [3.63, 3.8) is 0 Å². The summed E-state index contributed by atoms with van der Waals surface area (Å²) >= 11 is 1.43. The van der Waals surface area contributed by atoms with Crippen LogP contribution in [-0.2, 0) is 0 Å². The highest BCUT2D eigenvalue weighted by molar-refractivity contribution is 8.00. The molecule has 25 heavy (non-hydrogen) atoms. The zero-order valence-electron chi connectivity index (χ0n) is 14.9. The summed E-state index contributed by atoms with van der Waals surface area (Å²) in [5, 5.41) is 8.73. The smallest absolute Gasteiger partial charge is 0.196 e. The van der Waals surface area contributed by atoms with Crippen LogP contribution in [-0.4, -0.2) is 25.8 Å². The van der Waals surface area contributed by atoms with Crippen molar-refractivity contribution < 1.29 is 4.79 Å². The Kier molecular flexibility index (Phi) is 5.04.